The van der Waals surface area contributed by atoms with Crippen LogP contribution in [0.5, 0.6) is 0 Å². The molecule has 0 aliphatic carbocycles. The van der Waals surface area contributed by atoms with Crippen molar-refractivity contribution in [3.63, 3.8) is 0 Å². The zero-order chi connectivity index (χ0) is 15.0. The molecule has 0 radical (unpaired) electrons. The third-order valence-electron chi connectivity index (χ3n) is 2.89. The minimum Gasteiger partial charge on any atom is -0.480 e. The molecule has 9 nitrogen and oxygen atoms in total. The smallest absolute Gasteiger partial charge is 0.320 e. The summed E-state index contributed by atoms with van der Waals surface area (Å²) in [5, 5.41) is 8.56. The quantitative estimate of drug-likeness (QED) is 0.371. The van der Waals surface area contributed by atoms with E-state index in [4.69, 9.17) is 15.6 Å². The van der Waals surface area contributed by atoms with Gasteiger partial charge in [0, 0.05) is 32.7 Å². The van der Waals surface area contributed by atoms with E-state index in [1.165, 1.54) is 0 Å². The van der Waals surface area contributed by atoms with Gasteiger partial charge in [0.25, 0.3) is 10.2 Å². The van der Waals surface area contributed by atoms with E-state index in [9.17, 15) is 13.2 Å². The van der Waals surface area contributed by atoms with Crippen molar-refractivity contribution in [1.29, 1.82) is 0 Å². The molecule has 1 saturated heterocycles. The summed E-state index contributed by atoms with van der Waals surface area (Å²) in [5.41, 5.74) is 5.27. The number of hydrogen-bond acceptors (Lipinski definition) is 6. The molecule has 1 atom stereocenters. The van der Waals surface area contributed by atoms with Crippen LogP contribution in [0.15, 0.2) is 0 Å². The lowest BCUT2D eigenvalue weighted by molar-refractivity contribution is -0.138. The number of ether oxygens (including phenoxy) is 1. The van der Waals surface area contributed by atoms with E-state index in [1.807, 2.05) is 0 Å². The van der Waals surface area contributed by atoms with Crippen molar-refractivity contribution >= 4 is 16.2 Å². The molecule has 0 aromatic rings. The number of rotatable bonds is 9. The second-order valence-corrected chi connectivity index (χ2v) is 6.06. The number of nitrogens with one attached hydrogen (secondary N) is 2. The van der Waals surface area contributed by atoms with E-state index < -0.39 is 22.2 Å². The molecule has 1 fully saturated rings. The van der Waals surface area contributed by atoms with E-state index in [-0.39, 0.29) is 13.0 Å². The summed E-state index contributed by atoms with van der Waals surface area (Å²) in [4.78, 5) is 12.6. The first-order valence-electron chi connectivity index (χ1n) is 6.43. The van der Waals surface area contributed by atoms with E-state index >= 15 is 0 Å². The number of nitrogens with zero attached hydrogens (tertiary/aromatic N) is 1. The second kappa shape index (κ2) is 8.49. The van der Waals surface area contributed by atoms with Crippen molar-refractivity contribution in [3.05, 3.63) is 0 Å². The normalized spacial score (nSPS) is 18.9. The Hall–Kier alpha value is -0.780. The van der Waals surface area contributed by atoms with Crippen molar-refractivity contribution in [2.75, 3.05) is 45.9 Å². The molecule has 0 bridgehead atoms. The molecular weight excluding hydrogens is 288 g/mol. The Morgan fingerprint density at radius 1 is 1.30 bits per heavy atom. The number of carboxylic acids is 1. The molecule has 5 N–H and O–H groups in total. The Balaban J connectivity index is 2.15. The summed E-state index contributed by atoms with van der Waals surface area (Å²) in [7, 11) is -3.61. The minimum atomic E-state index is -3.61. The molecule has 0 amide bonds. The Morgan fingerprint density at radius 3 is 2.50 bits per heavy atom. The zero-order valence-electron chi connectivity index (χ0n) is 11.2. The van der Waals surface area contributed by atoms with Gasteiger partial charge >= 0.3 is 5.97 Å². The Bertz CT molecular complexity index is 396. The lowest BCUT2D eigenvalue weighted by atomic mass is 10.2. The summed E-state index contributed by atoms with van der Waals surface area (Å²) in [6.07, 6.45) is 0.0414. The van der Waals surface area contributed by atoms with Gasteiger partial charge in [-0.25, -0.2) is 9.44 Å². The topological polar surface area (TPSA) is 134 Å². The summed E-state index contributed by atoms with van der Waals surface area (Å²) >= 11 is 0. The van der Waals surface area contributed by atoms with E-state index in [2.05, 4.69) is 14.3 Å². The maximum absolute atomic E-state index is 11.6. The first-order valence-corrected chi connectivity index (χ1v) is 7.92. The highest BCUT2D eigenvalue weighted by Crippen LogP contribution is 1.95. The van der Waals surface area contributed by atoms with Crippen LogP contribution in [0.4, 0.5) is 0 Å². The molecule has 118 valence electrons. The third kappa shape index (κ3) is 7.12. The molecule has 20 heavy (non-hydrogen) atoms. The lowest BCUT2D eigenvalue weighted by Gasteiger charge is -2.26. The maximum Gasteiger partial charge on any atom is 0.320 e. The molecule has 1 rings (SSSR count). The fraction of sp³-hybridized carbons (Fsp3) is 0.900. The lowest BCUT2D eigenvalue weighted by Crippen LogP contribution is -2.45. The summed E-state index contributed by atoms with van der Waals surface area (Å²) in [6.45, 7) is 3.81. The molecule has 1 aliphatic heterocycles. The number of aliphatic carboxylic acids is 1. The number of carboxylic acid groups (broad SMARTS) is 1. The van der Waals surface area contributed by atoms with Crippen LogP contribution in [0.2, 0.25) is 0 Å². The van der Waals surface area contributed by atoms with E-state index in [0.717, 1.165) is 13.1 Å². The first-order chi connectivity index (χ1) is 9.41. The van der Waals surface area contributed by atoms with E-state index in [0.29, 0.717) is 26.3 Å². The second-order valence-electron chi connectivity index (χ2n) is 4.48. The van der Waals surface area contributed by atoms with Crippen LogP contribution >= 0.6 is 0 Å². The number of morpholine rings is 1. The molecule has 1 heterocycles. The van der Waals surface area contributed by atoms with Crippen molar-refractivity contribution in [2.24, 2.45) is 5.73 Å². The van der Waals surface area contributed by atoms with Crippen molar-refractivity contribution < 1.29 is 23.1 Å². The molecule has 0 aromatic carbocycles. The van der Waals surface area contributed by atoms with Crippen LogP contribution < -0.4 is 15.2 Å². The molecular formula is C10H22N4O5S. The van der Waals surface area contributed by atoms with Gasteiger partial charge in [-0.05, 0) is 6.42 Å². The largest absolute Gasteiger partial charge is 0.480 e. The monoisotopic (exact) mass is 310 g/mol. The van der Waals surface area contributed by atoms with Crippen LogP contribution in [0.25, 0.3) is 0 Å². The summed E-state index contributed by atoms with van der Waals surface area (Å²) in [5.74, 6) is -1.15. The average Bonchev–Trinajstić information content (AvgIpc) is 2.39. The standard InChI is InChI=1S/C10H22N4O5S/c11-9(10(15)16)1-2-12-20(17,18)13-3-4-14-5-7-19-8-6-14/h9,12-13H,1-8,11H2,(H,15,16)/t9-/m0/s1. The Kier molecular flexibility index (Phi) is 7.34. The highest BCUT2D eigenvalue weighted by Gasteiger charge is 2.15. The van der Waals surface area contributed by atoms with Gasteiger partial charge in [0.15, 0.2) is 0 Å². The molecule has 0 saturated carbocycles. The first kappa shape index (κ1) is 17.3. The molecule has 0 unspecified atom stereocenters. The van der Waals surface area contributed by atoms with Crippen molar-refractivity contribution in [2.45, 2.75) is 12.5 Å². The van der Waals surface area contributed by atoms with Gasteiger partial charge in [0.1, 0.15) is 6.04 Å². The predicted octanol–water partition coefficient (Wildman–Crippen LogP) is -2.46. The highest BCUT2D eigenvalue weighted by molar-refractivity contribution is 7.87. The number of carbonyl (C=O) groups is 1. The van der Waals surface area contributed by atoms with Crippen LogP contribution in [-0.4, -0.2) is 76.4 Å². The molecule has 1 aliphatic rings. The van der Waals surface area contributed by atoms with Gasteiger partial charge < -0.3 is 15.6 Å². The SMILES string of the molecule is N[C@@H](CCNS(=O)(=O)NCCN1CCOCC1)C(=O)O. The fourth-order valence-electron chi connectivity index (χ4n) is 1.69. The van der Waals surface area contributed by atoms with Gasteiger partial charge in [-0.15, -0.1) is 0 Å². The van der Waals surface area contributed by atoms with Gasteiger partial charge in [0.2, 0.25) is 0 Å². The average molecular weight is 310 g/mol. The van der Waals surface area contributed by atoms with Crippen LogP contribution in [0.1, 0.15) is 6.42 Å². The zero-order valence-corrected chi connectivity index (χ0v) is 12.1. The summed E-state index contributed by atoms with van der Waals surface area (Å²) in [6, 6.07) is -1.06. The van der Waals surface area contributed by atoms with Gasteiger partial charge in [-0.2, -0.15) is 8.42 Å². The van der Waals surface area contributed by atoms with Gasteiger partial charge in [-0.1, -0.05) is 0 Å². The van der Waals surface area contributed by atoms with Crippen LogP contribution in [0, 0.1) is 0 Å². The molecule has 10 heteroatoms. The van der Waals surface area contributed by atoms with Crippen LogP contribution in [0.3, 0.4) is 0 Å². The van der Waals surface area contributed by atoms with Crippen molar-refractivity contribution in [3.8, 4) is 0 Å². The Morgan fingerprint density at radius 2 is 1.90 bits per heavy atom. The fourth-order valence-corrected chi connectivity index (χ4v) is 2.53. The molecule has 0 spiro atoms. The van der Waals surface area contributed by atoms with Crippen molar-refractivity contribution in [1.82, 2.24) is 14.3 Å². The van der Waals surface area contributed by atoms with Gasteiger partial charge in [-0.3, -0.25) is 9.69 Å². The number of hydrogen-bond donors (Lipinski definition) is 4. The highest BCUT2D eigenvalue weighted by atomic mass is 32.2. The minimum absolute atomic E-state index is 0.0135. The van der Waals surface area contributed by atoms with E-state index in [1.54, 1.807) is 0 Å². The van der Waals surface area contributed by atoms with Crippen LogP contribution in [-0.2, 0) is 19.7 Å². The third-order valence-corrected chi connectivity index (χ3v) is 4.06. The summed E-state index contributed by atoms with van der Waals surface area (Å²) < 4.78 is 33.0. The Labute approximate surface area is 118 Å². The van der Waals surface area contributed by atoms with Gasteiger partial charge in [0.05, 0.1) is 13.2 Å². The number of nitrogens with two attached hydrogens (primary N) is 1. The predicted molar refractivity (Wildman–Crippen MR) is 72.4 cm³/mol. The maximum atomic E-state index is 11.6. The molecule has 0 aromatic heterocycles.